The minimum Gasteiger partial charge on any atom is -0.465 e. The van der Waals surface area contributed by atoms with Gasteiger partial charge < -0.3 is 19.9 Å². The number of likely N-dealkylation sites (tertiary alicyclic amines) is 1. The van der Waals surface area contributed by atoms with E-state index in [1.54, 1.807) is 7.05 Å². The number of carbonyl (C=O) groups is 3. The fourth-order valence-electron chi connectivity index (χ4n) is 2.19. The molecule has 0 unspecified atom stereocenters. The van der Waals surface area contributed by atoms with Crippen LogP contribution in [-0.4, -0.2) is 57.0 Å². The van der Waals surface area contributed by atoms with E-state index in [1.165, 1.54) is 9.47 Å². The number of aldehydes is 1. The monoisotopic (exact) mass is 280 g/mol. The highest BCUT2D eigenvalue weighted by atomic mass is 16.4. The molecule has 1 aliphatic heterocycles. The van der Waals surface area contributed by atoms with Gasteiger partial charge in [-0.2, -0.15) is 0 Å². The van der Waals surface area contributed by atoms with E-state index in [1.807, 2.05) is 6.92 Å². The van der Waals surface area contributed by atoms with E-state index in [0.29, 0.717) is 24.1 Å². The second-order valence-corrected chi connectivity index (χ2v) is 4.65. The largest absolute Gasteiger partial charge is 0.465 e. The van der Waals surface area contributed by atoms with Crippen LogP contribution < -0.4 is 5.32 Å². The fourth-order valence-corrected chi connectivity index (χ4v) is 2.19. The van der Waals surface area contributed by atoms with Crippen LogP contribution in [-0.2, 0) is 13.5 Å². The predicted octanol–water partition coefficient (Wildman–Crippen LogP) is -0.113. The molecule has 108 valence electrons. The summed E-state index contributed by atoms with van der Waals surface area (Å²) >= 11 is 0. The summed E-state index contributed by atoms with van der Waals surface area (Å²) in [5.41, 5.74) is 0.907. The third-order valence-corrected chi connectivity index (χ3v) is 3.34. The number of aryl methyl sites for hydroxylation is 1. The number of carboxylic acid groups (broad SMARTS) is 1. The van der Waals surface area contributed by atoms with Gasteiger partial charge in [0.25, 0.3) is 5.91 Å². The molecule has 2 N–H and O–H groups in total. The molecule has 2 heterocycles. The molecule has 1 aromatic rings. The van der Waals surface area contributed by atoms with E-state index >= 15 is 0 Å². The Kier molecular flexibility index (Phi) is 3.73. The van der Waals surface area contributed by atoms with Crippen molar-refractivity contribution in [1.29, 1.82) is 0 Å². The van der Waals surface area contributed by atoms with E-state index in [-0.39, 0.29) is 30.9 Å². The topological polar surface area (TPSA) is 105 Å². The molecule has 2 amide bonds. The molecule has 20 heavy (non-hydrogen) atoms. The molecule has 8 heteroatoms. The Hall–Kier alpha value is -2.38. The quantitative estimate of drug-likeness (QED) is 0.749. The third-order valence-electron chi connectivity index (χ3n) is 3.34. The molecule has 0 radical (unpaired) electrons. The maximum Gasteiger partial charge on any atom is 0.407 e. The van der Waals surface area contributed by atoms with Crippen molar-refractivity contribution in [2.24, 2.45) is 7.05 Å². The average Bonchev–Trinajstić information content (AvgIpc) is 2.68. The van der Waals surface area contributed by atoms with Crippen molar-refractivity contribution in [2.75, 3.05) is 13.1 Å². The van der Waals surface area contributed by atoms with Crippen LogP contribution in [0.3, 0.4) is 0 Å². The summed E-state index contributed by atoms with van der Waals surface area (Å²) in [7, 11) is 1.61. The first-order valence-electron chi connectivity index (χ1n) is 6.27. The summed E-state index contributed by atoms with van der Waals surface area (Å²) < 4.78 is 1.45. The van der Waals surface area contributed by atoms with Gasteiger partial charge in [0.15, 0.2) is 12.1 Å². The molecule has 0 bridgehead atoms. The Labute approximate surface area is 115 Å². The van der Waals surface area contributed by atoms with Gasteiger partial charge in [-0.05, 0) is 6.42 Å². The van der Waals surface area contributed by atoms with Gasteiger partial charge in [-0.3, -0.25) is 9.59 Å². The second kappa shape index (κ2) is 5.32. The average molecular weight is 280 g/mol. The van der Waals surface area contributed by atoms with Crippen molar-refractivity contribution in [3.63, 3.8) is 0 Å². The van der Waals surface area contributed by atoms with Crippen molar-refractivity contribution in [2.45, 2.75) is 19.4 Å². The minimum atomic E-state index is -0.992. The van der Waals surface area contributed by atoms with Crippen LogP contribution in [0.5, 0.6) is 0 Å². The Morgan fingerprint density at radius 3 is 2.65 bits per heavy atom. The van der Waals surface area contributed by atoms with Crippen LogP contribution in [0.2, 0.25) is 0 Å². The molecule has 1 aliphatic rings. The zero-order chi connectivity index (χ0) is 14.9. The van der Waals surface area contributed by atoms with E-state index in [9.17, 15) is 14.4 Å². The SMILES string of the molecule is CCc1nc(C=O)n(C)c1C(=O)NC1CN(C(=O)O)C1. The first-order chi connectivity index (χ1) is 9.47. The lowest BCUT2D eigenvalue weighted by molar-refractivity contribution is 0.0761. The molecule has 0 aliphatic carbocycles. The summed E-state index contributed by atoms with van der Waals surface area (Å²) in [5, 5.41) is 11.5. The van der Waals surface area contributed by atoms with E-state index in [2.05, 4.69) is 10.3 Å². The van der Waals surface area contributed by atoms with Crippen molar-refractivity contribution in [3.05, 3.63) is 17.2 Å². The van der Waals surface area contributed by atoms with Crippen molar-refractivity contribution >= 4 is 18.3 Å². The lowest BCUT2D eigenvalue weighted by Gasteiger charge is -2.37. The van der Waals surface area contributed by atoms with Crippen LogP contribution >= 0.6 is 0 Å². The number of aromatic nitrogens is 2. The van der Waals surface area contributed by atoms with Gasteiger partial charge in [0.2, 0.25) is 0 Å². The van der Waals surface area contributed by atoms with E-state index in [0.717, 1.165) is 0 Å². The standard InChI is InChI=1S/C12H16N4O4/c1-3-8-10(15(2)9(6-17)14-8)11(18)13-7-4-16(5-7)12(19)20/h6-7H,3-5H2,1-2H3,(H,13,18)(H,19,20). The number of carbonyl (C=O) groups excluding carboxylic acids is 2. The zero-order valence-electron chi connectivity index (χ0n) is 11.3. The summed E-state index contributed by atoms with van der Waals surface area (Å²) in [6.45, 7) is 2.41. The predicted molar refractivity (Wildman–Crippen MR) is 68.8 cm³/mol. The van der Waals surface area contributed by atoms with Crippen LogP contribution in [0, 0.1) is 0 Å². The Morgan fingerprint density at radius 1 is 1.50 bits per heavy atom. The third kappa shape index (κ3) is 2.36. The van der Waals surface area contributed by atoms with Crippen molar-refractivity contribution < 1.29 is 19.5 Å². The highest BCUT2D eigenvalue weighted by Gasteiger charge is 2.32. The molecule has 1 saturated heterocycles. The molecule has 2 rings (SSSR count). The summed E-state index contributed by atoms with van der Waals surface area (Å²) in [4.78, 5) is 39.0. The summed E-state index contributed by atoms with van der Waals surface area (Å²) in [6, 6.07) is -0.196. The fraction of sp³-hybridized carbons (Fsp3) is 0.500. The maximum absolute atomic E-state index is 12.2. The lowest BCUT2D eigenvalue weighted by atomic mass is 10.1. The Morgan fingerprint density at radius 2 is 2.15 bits per heavy atom. The van der Waals surface area contributed by atoms with Crippen LogP contribution in [0.1, 0.15) is 33.7 Å². The highest BCUT2D eigenvalue weighted by Crippen LogP contribution is 2.13. The Balaban J connectivity index is 2.08. The van der Waals surface area contributed by atoms with Gasteiger partial charge in [-0.15, -0.1) is 0 Å². The van der Waals surface area contributed by atoms with Crippen LogP contribution in [0.15, 0.2) is 0 Å². The van der Waals surface area contributed by atoms with Crippen molar-refractivity contribution in [1.82, 2.24) is 19.8 Å². The number of amides is 2. The first-order valence-corrected chi connectivity index (χ1v) is 6.27. The molecule has 0 aromatic carbocycles. The normalized spacial score (nSPS) is 14.8. The molecular formula is C12H16N4O4. The van der Waals surface area contributed by atoms with Gasteiger partial charge in [0, 0.05) is 20.1 Å². The number of rotatable bonds is 4. The van der Waals surface area contributed by atoms with Crippen LogP contribution in [0.25, 0.3) is 0 Å². The van der Waals surface area contributed by atoms with Gasteiger partial charge >= 0.3 is 6.09 Å². The number of hydrogen-bond acceptors (Lipinski definition) is 4. The Bertz CT molecular complexity index is 560. The number of nitrogens with zero attached hydrogens (tertiary/aromatic N) is 3. The smallest absolute Gasteiger partial charge is 0.407 e. The zero-order valence-corrected chi connectivity index (χ0v) is 11.3. The molecular weight excluding hydrogens is 264 g/mol. The molecule has 1 aromatic heterocycles. The van der Waals surface area contributed by atoms with Crippen LogP contribution in [0.4, 0.5) is 4.79 Å². The lowest BCUT2D eigenvalue weighted by Crippen LogP contribution is -2.60. The van der Waals surface area contributed by atoms with Gasteiger partial charge in [-0.25, -0.2) is 9.78 Å². The van der Waals surface area contributed by atoms with Gasteiger partial charge in [0.1, 0.15) is 5.69 Å². The minimum absolute atomic E-state index is 0.196. The molecule has 0 spiro atoms. The number of hydrogen-bond donors (Lipinski definition) is 2. The molecule has 1 fully saturated rings. The first kappa shape index (κ1) is 14.0. The summed E-state index contributed by atoms with van der Waals surface area (Å²) in [5.74, 6) is -0.132. The van der Waals surface area contributed by atoms with Gasteiger partial charge in [-0.1, -0.05) is 6.92 Å². The molecule has 0 saturated carbocycles. The molecule has 0 atom stereocenters. The summed E-state index contributed by atoms with van der Waals surface area (Å²) in [6.07, 6.45) is 0.149. The number of nitrogens with one attached hydrogen (secondary N) is 1. The number of imidazole rings is 1. The highest BCUT2D eigenvalue weighted by molar-refractivity contribution is 5.95. The maximum atomic E-state index is 12.2. The second-order valence-electron chi connectivity index (χ2n) is 4.65. The van der Waals surface area contributed by atoms with Crippen molar-refractivity contribution in [3.8, 4) is 0 Å². The van der Waals surface area contributed by atoms with Gasteiger partial charge in [0.05, 0.1) is 11.7 Å². The molecule has 8 nitrogen and oxygen atoms in total. The van der Waals surface area contributed by atoms with E-state index in [4.69, 9.17) is 5.11 Å². The van der Waals surface area contributed by atoms with E-state index < -0.39 is 6.09 Å².